The molecule has 8 nitrogen and oxygen atoms in total. The fourth-order valence-electron chi connectivity index (χ4n) is 3.25. The van der Waals surface area contributed by atoms with Gasteiger partial charge in [-0.15, -0.1) is 10.2 Å². The Bertz CT molecular complexity index is 1290. The largest absolute Gasteiger partial charge is 0.497 e. The molecule has 172 valence electrons. The molecule has 4 rings (SSSR count). The second-order valence-corrected chi connectivity index (χ2v) is 7.14. The highest BCUT2D eigenvalue weighted by atomic mass is 16.5. The third kappa shape index (κ3) is 5.24. The second-order valence-electron chi connectivity index (χ2n) is 7.14. The molecule has 0 fully saturated rings. The smallest absolute Gasteiger partial charge is 0.255 e. The summed E-state index contributed by atoms with van der Waals surface area (Å²) >= 11 is 0. The predicted molar refractivity (Wildman–Crippen MR) is 128 cm³/mol. The highest BCUT2D eigenvalue weighted by Crippen LogP contribution is 2.30. The van der Waals surface area contributed by atoms with Crippen LogP contribution in [0.5, 0.6) is 28.9 Å². The summed E-state index contributed by atoms with van der Waals surface area (Å²) in [7, 11) is 4.69. The number of aromatic nitrogens is 2. The lowest BCUT2D eigenvalue weighted by Crippen LogP contribution is -2.12. The van der Waals surface area contributed by atoms with E-state index in [0.717, 1.165) is 5.56 Å². The number of nitrogens with zero attached hydrogens (tertiary/aromatic N) is 2. The average molecular weight is 457 g/mol. The van der Waals surface area contributed by atoms with Gasteiger partial charge in [0.05, 0.1) is 27.0 Å². The highest BCUT2D eigenvalue weighted by Gasteiger charge is 2.11. The summed E-state index contributed by atoms with van der Waals surface area (Å²) in [5.41, 5.74) is 2.43. The molecule has 1 amide bonds. The standard InChI is InChI=1S/C26H23N3O5/c1-31-20-8-5-9-21(16-20)34-25-13-11-22(28-29-25)17-6-4-7-18(14-17)26(30)27-19-10-12-23(32-2)24(15-19)33-3/h4-16H,1-3H3,(H,27,30). The number of carbonyl (C=O) groups excluding carboxylic acids is 1. The van der Waals surface area contributed by atoms with E-state index in [0.29, 0.717) is 45.8 Å². The molecular formula is C26H23N3O5. The summed E-state index contributed by atoms with van der Waals surface area (Å²) < 4.78 is 21.5. The molecule has 0 saturated carbocycles. The van der Waals surface area contributed by atoms with Gasteiger partial charge in [-0.2, -0.15) is 0 Å². The van der Waals surface area contributed by atoms with Gasteiger partial charge >= 0.3 is 0 Å². The molecule has 4 aromatic rings. The minimum atomic E-state index is -0.264. The van der Waals surface area contributed by atoms with Gasteiger partial charge in [-0.3, -0.25) is 4.79 Å². The molecule has 0 aliphatic heterocycles. The van der Waals surface area contributed by atoms with Gasteiger partial charge in [-0.25, -0.2) is 0 Å². The number of carbonyl (C=O) groups is 1. The van der Waals surface area contributed by atoms with Crippen LogP contribution in [0.1, 0.15) is 10.4 Å². The number of rotatable bonds is 8. The van der Waals surface area contributed by atoms with Crippen molar-refractivity contribution in [2.45, 2.75) is 0 Å². The molecule has 0 aliphatic rings. The lowest BCUT2D eigenvalue weighted by Gasteiger charge is -2.11. The summed E-state index contributed by atoms with van der Waals surface area (Å²) in [6.07, 6.45) is 0. The van der Waals surface area contributed by atoms with E-state index in [-0.39, 0.29) is 5.91 Å². The monoisotopic (exact) mass is 457 g/mol. The summed E-state index contributed by atoms with van der Waals surface area (Å²) in [5.74, 6) is 2.47. The van der Waals surface area contributed by atoms with Crippen LogP contribution in [0, 0.1) is 0 Å². The molecule has 0 unspecified atom stereocenters. The first-order valence-corrected chi connectivity index (χ1v) is 10.4. The van der Waals surface area contributed by atoms with Gasteiger partial charge in [0.2, 0.25) is 5.88 Å². The molecule has 3 aromatic carbocycles. The van der Waals surface area contributed by atoms with Crippen molar-refractivity contribution in [2.24, 2.45) is 0 Å². The van der Waals surface area contributed by atoms with Gasteiger partial charge in [0, 0.05) is 35.0 Å². The molecule has 1 N–H and O–H groups in total. The minimum absolute atomic E-state index is 0.264. The number of hydrogen-bond donors (Lipinski definition) is 1. The van der Waals surface area contributed by atoms with Gasteiger partial charge in [0.1, 0.15) is 11.5 Å². The van der Waals surface area contributed by atoms with E-state index in [1.165, 1.54) is 0 Å². The topological polar surface area (TPSA) is 91.8 Å². The van der Waals surface area contributed by atoms with Crippen LogP contribution >= 0.6 is 0 Å². The first-order valence-electron chi connectivity index (χ1n) is 10.4. The van der Waals surface area contributed by atoms with Crippen molar-refractivity contribution in [1.82, 2.24) is 10.2 Å². The van der Waals surface area contributed by atoms with Crippen LogP contribution in [0.25, 0.3) is 11.3 Å². The van der Waals surface area contributed by atoms with E-state index in [9.17, 15) is 4.79 Å². The quantitative estimate of drug-likeness (QED) is 0.388. The molecule has 1 heterocycles. The lowest BCUT2D eigenvalue weighted by molar-refractivity contribution is 0.102. The summed E-state index contributed by atoms with van der Waals surface area (Å²) in [4.78, 5) is 12.8. The molecule has 0 spiro atoms. The SMILES string of the molecule is COc1cccc(Oc2ccc(-c3cccc(C(=O)Nc4ccc(OC)c(OC)c4)c3)nn2)c1. The maximum Gasteiger partial charge on any atom is 0.255 e. The van der Waals surface area contributed by atoms with Gasteiger partial charge in [-0.1, -0.05) is 18.2 Å². The molecule has 34 heavy (non-hydrogen) atoms. The molecule has 1 aromatic heterocycles. The van der Waals surface area contributed by atoms with E-state index >= 15 is 0 Å². The van der Waals surface area contributed by atoms with Crippen molar-refractivity contribution < 1.29 is 23.7 Å². The zero-order valence-electron chi connectivity index (χ0n) is 18.9. The number of anilines is 1. The van der Waals surface area contributed by atoms with E-state index in [2.05, 4.69) is 15.5 Å². The Labute approximate surface area is 197 Å². The van der Waals surface area contributed by atoms with Crippen LogP contribution < -0.4 is 24.3 Å². The number of ether oxygens (including phenoxy) is 4. The third-order valence-electron chi connectivity index (χ3n) is 4.97. The van der Waals surface area contributed by atoms with Gasteiger partial charge < -0.3 is 24.3 Å². The van der Waals surface area contributed by atoms with Gasteiger partial charge in [-0.05, 0) is 42.5 Å². The van der Waals surface area contributed by atoms with Crippen molar-refractivity contribution in [3.8, 4) is 40.1 Å². The van der Waals surface area contributed by atoms with Crippen LogP contribution in [0.4, 0.5) is 5.69 Å². The number of nitrogens with one attached hydrogen (secondary N) is 1. The Hall–Kier alpha value is -4.59. The highest BCUT2D eigenvalue weighted by molar-refractivity contribution is 6.05. The van der Waals surface area contributed by atoms with E-state index in [4.69, 9.17) is 18.9 Å². The van der Waals surface area contributed by atoms with Crippen LogP contribution in [0.2, 0.25) is 0 Å². The summed E-state index contributed by atoms with van der Waals surface area (Å²) in [5, 5.41) is 11.3. The Balaban J connectivity index is 1.48. The van der Waals surface area contributed by atoms with Crippen molar-refractivity contribution in [3.63, 3.8) is 0 Å². The fraction of sp³-hybridized carbons (Fsp3) is 0.115. The molecule has 0 bridgehead atoms. The fourth-order valence-corrected chi connectivity index (χ4v) is 3.25. The lowest BCUT2D eigenvalue weighted by atomic mass is 10.1. The predicted octanol–water partition coefficient (Wildman–Crippen LogP) is 5.21. The van der Waals surface area contributed by atoms with Crippen molar-refractivity contribution in [2.75, 3.05) is 26.6 Å². The molecule has 8 heteroatoms. The van der Waals surface area contributed by atoms with Crippen LogP contribution in [0.3, 0.4) is 0 Å². The van der Waals surface area contributed by atoms with E-state index in [1.807, 2.05) is 18.2 Å². The second kappa shape index (κ2) is 10.4. The Morgan fingerprint density at radius 1 is 0.735 bits per heavy atom. The van der Waals surface area contributed by atoms with Crippen molar-refractivity contribution >= 4 is 11.6 Å². The number of amides is 1. The van der Waals surface area contributed by atoms with Crippen LogP contribution in [-0.4, -0.2) is 37.4 Å². The normalized spacial score (nSPS) is 10.3. The Kier molecular flexibility index (Phi) is 6.88. The summed E-state index contributed by atoms with van der Waals surface area (Å²) in [6.45, 7) is 0. The maximum absolute atomic E-state index is 12.8. The number of methoxy groups -OCH3 is 3. The molecule has 0 radical (unpaired) electrons. The van der Waals surface area contributed by atoms with Gasteiger partial charge in [0.15, 0.2) is 11.5 Å². The zero-order valence-corrected chi connectivity index (χ0v) is 18.9. The third-order valence-corrected chi connectivity index (χ3v) is 4.97. The minimum Gasteiger partial charge on any atom is -0.497 e. The first kappa shape index (κ1) is 22.6. The first-order chi connectivity index (χ1) is 16.6. The average Bonchev–Trinajstić information content (AvgIpc) is 2.89. The Morgan fingerprint density at radius 3 is 2.26 bits per heavy atom. The molecule has 0 atom stereocenters. The Morgan fingerprint density at radius 2 is 1.53 bits per heavy atom. The summed E-state index contributed by atoms with van der Waals surface area (Å²) in [6, 6.07) is 23.0. The van der Waals surface area contributed by atoms with Crippen molar-refractivity contribution in [3.05, 3.63) is 84.4 Å². The molecule has 0 aliphatic carbocycles. The number of benzene rings is 3. The maximum atomic E-state index is 12.8. The number of hydrogen-bond acceptors (Lipinski definition) is 7. The molecular weight excluding hydrogens is 434 g/mol. The van der Waals surface area contributed by atoms with E-state index < -0.39 is 0 Å². The molecule has 0 saturated heterocycles. The van der Waals surface area contributed by atoms with Crippen LogP contribution in [-0.2, 0) is 0 Å². The zero-order chi connectivity index (χ0) is 23.9. The van der Waals surface area contributed by atoms with Gasteiger partial charge in [0.25, 0.3) is 5.91 Å². The van der Waals surface area contributed by atoms with Crippen LogP contribution in [0.15, 0.2) is 78.9 Å². The van der Waals surface area contributed by atoms with Crippen molar-refractivity contribution in [1.29, 1.82) is 0 Å². The van der Waals surface area contributed by atoms with E-state index in [1.54, 1.807) is 82.0 Å².